The Bertz CT molecular complexity index is 1440. The van der Waals surface area contributed by atoms with Gasteiger partial charge in [-0.3, -0.25) is 0 Å². The van der Waals surface area contributed by atoms with Gasteiger partial charge in [0.2, 0.25) is 0 Å². The van der Waals surface area contributed by atoms with Crippen molar-refractivity contribution >= 4 is 27.5 Å². The van der Waals surface area contributed by atoms with Crippen molar-refractivity contribution in [3.8, 4) is 16.9 Å². The molecule has 0 aliphatic heterocycles. The second kappa shape index (κ2) is 30.3. The SMILES string of the molecule is CCCCCCCCCCCCCCCCCCCCCCOCCCCCCCCCCCCOc1ccc2c(c1)C(Br)(c1ccc(Cl)cc1)c1ccccc1-2. The van der Waals surface area contributed by atoms with E-state index in [1.807, 2.05) is 12.1 Å². The van der Waals surface area contributed by atoms with Crippen LogP contribution in [0.5, 0.6) is 5.75 Å². The minimum atomic E-state index is -0.416. The van der Waals surface area contributed by atoms with Gasteiger partial charge < -0.3 is 9.47 Å². The summed E-state index contributed by atoms with van der Waals surface area (Å²) in [6.07, 6.45) is 41.7. The zero-order valence-corrected chi connectivity index (χ0v) is 38.6. The van der Waals surface area contributed by atoms with E-state index in [-0.39, 0.29) is 0 Å². The molecule has 3 aromatic carbocycles. The predicted octanol–water partition coefficient (Wildman–Crippen LogP) is 18.1. The number of unbranched alkanes of at least 4 members (excludes halogenated alkanes) is 28. The fraction of sp³-hybridized carbons (Fsp3) is 0.660. The molecule has 2 nitrogen and oxygen atoms in total. The number of fused-ring (bicyclic) bond motifs is 3. The quantitative estimate of drug-likeness (QED) is 0.0428. The highest BCUT2D eigenvalue weighted by atomic mass is 79.9. The van der Waals surface area contributed by atoms with Crippen molar-refractivity contribution in [1.82, 2.24) is 0 Å². The number of hydrogen-bond acceptors (Lipinski definition) is 2. The maximum absolute atomic E-state index is 6.29. The monoisotopic (exact) mass is 863 g/mol. The van der Waals surface area contributed by atoms with Crippen LogP contribution in [-0.2, 0) is 9.06 Å². The molecule has 0 spiro atoms. The van der Waals surface area contributed by atoms with E-state index < -0.39 is 4.32 Å². The normalized spacial score (nSPS) is 14.6. The Kier molecular flexibility index (Phi) is 25.4. The standard InChI is InChI=1S/C53H80BrClO2/c1-2-3-4-5-6-7-8-9-10-11-12-13-14-15-16-17-20-23-26-31-42-56-43-32-27-24-21-18-19-22-25-28-33-44-57-48-40-41-50-49-34-29-30-35-51(49)53(54,52(50)45-48)46-36-38-47(55)39-37-46/h29-30,34-41,45H,2-28,31-33,42-44H2,1H3. The highest BCUT2D eigenvalue weighted by molar-refractivity contribution is 9.10. The van der Waals surface area contributed by atoms with E-state index in [0.29, 0.717) is 0 Å². The smallest absolute Gasteiger partial charge is 0.119 e. The lowest BCUT2D eigenvalue weighted by atomic mass is 9.89. The van der Waals surface area contributed by atoms with Crippen molar-refractivity contribution < 1.29 is 9.47 Å². The summed E-state index contributed by atoms with van der Waals surface area (Å²) in [6, 6.07) is 23.4. The molecule has 4 heteroatoms. The fourth-order valence-electron chi connectivity index (χ4n) is 8.76. The van der Waals surface area contributed by atoms with Crippen molar-refractivity contribution in [2.75, 3.05) is 19.8 Å². The van der Waals surface area contributed by atoms with Crippen LogP contribution in [0.1, 0.15) is 216 Å². The molecule has 1 atom stereocenters. The Hall–Kier alpha value is -1.81. The maximum Gasteiger partial charge on any atom is 0.119 e. The van der Waals surface area contributed by atoms with Gasteiger partial charge in [0.1, 0.15) is 10.1 Å². The van der Waals surface area contributed by atoms with Crippen LogP contribution in [0.15, 0.2) is 66.7 Å². The first-order valence-electron chi connectivity index (χ1n) is 24.0. The van der Waals surface area contributed by atoms with Gasteiger partial charge in [-0.1, -0.05) is 250 Å². The van der Waals surface area contributed by atoms with E-state index in [1.54, 1.807) is 0 Å². The van der Waals surface area contributed by atoms with Crippen LogP contribution >= 0.6 is 27.5 Å². The van der Waals surface area contributed by atoms with E-state index in [9.17, 15) is 0 Å². The van der Waals surface area contributed by atoms with Gasteiger partial charge in [-0.05, 0) is 71.3 Å². The van der Waals surface area contributed by atoms with Crippen LogP contribution < -0.4 is 4.74 Å². The predicted molar refractivity (Wildman–Crippen MR) is 253 cm³/mol. The third kappa shape index (κ3) is 18.1. The van der Waals surface area contributed by atoms with Gasteiger partial charge in [-0.25, -0.2) is 0 Å². The zero-order valence-electron chi connectivity index (χ0n) is 36.3. The average Bonchev–Trinajstić information content (AvgIpc) is 3.49. The minimum absolute atomic E-state index is 0.416. The lowest BCUT2D eigenvalue weighted by Crippen LogP contribution is -2.18. The van der Waals surface area contributed by atoms with Crippen molar-refractivity contribution in [3.05, 3.63) is 88.4 Å². The van der Waals surface area contributed by atoms with Crippen LogP contribution in [0.2, 0.25) is 5.02 Å². The second-order valence-corrected chi connectivity index (χ2v) is 18.8. The van der Waals surface area contributed by atoms with E-state index in [1.165, 1.54) is 214 Å². The highest BCUT2D eigenvalue weighted by Gasteiger charge is 2.42. The number of benzene rings is 3. The molecule has 4 rings (SSSR count). The van der Waals surface area contributed by atoms with Gasteiger partial charge in [-0.2, -0.15) is 0 Å². The van der Waals surface area contributed by atoms with Crippen molar-refractivity contribution in [2.45, 2.75) is 204 Å². The molecule has 318 valence electrons. The Morgan fingerprint density at radius 2 is 0.842 bits per heavy atom. The third-order valence-corrected chi connectivity index (χ3v) is 13.9. The number of halogens is 2. The highest BCUT2D eigenvalue weighted by Crippen LogP contribution is 2.57. The maximum atomic E-state index is 6.29. The topological polar surface area (TPSA) is 18.5 Å². The van der Waals surface area contributed by atoms with Crippen LogP contribution in [0.25, 0.3) is 11.1 Å². The Labute approximate surface area is 364 Å². The molecular formula is C53H80BrClO2. The molecule has 0 bridgehead atoms. The molecule has 1 aliphatic carbocycles. The summed E-state index contributed by atoms with van der Waals surface area (Å²) in [4.78, 5) is 0. The molecule has 57 heavy (non-hydrogen) atoms. The van der Waals surface area contributed by atoms with Crippen LogP contribution in [0.4, 0.5) is 0 Å². The summed E-state index contributed by atoms with van der Waals surface area (Å²) in [6.45, 7) is 5.00. The van der Waals surface area contributed by atoms with E-state index >= 15 is 0 Å². The molecule has 0 amide bonds. The number of ether oxygens (including phenoxy) is 2. The van der Waals surface area contributed by atoms with E-state index in [0.717, 1.165) is 37.0 Å². The van der Waals surface area contributed by atoms with E-state index in [2.05, 4.69) is 77.5 Å². The van der Waals surface area contributed by atoms with Gasteiger partial charge in [0, 0.05) is 18.2 Å². The molecule has 0 fully saturated rings. The number of alkyl halides is 1. The van der Waals surface area contributed by atoms with Gasteiger partial charge in [0.25, 0.3) is 0 Å². The molecule has 0 radical (unpaired) electrons. The average molecular weight is 865 g/mol. The lowest BCUT2D eigenvalue weighted by molar-refractivity contribution is 0.125. The Balaban J connectivity index is 0.869. The summed E-state index contributed by atoms with van der Waals surface area (Å²) in [5.74, 6) is 0.945. The Morgan fingerprint density at radius 3 is 1.32 bits per heavy atom. The first kappa shape index (κ1) is 47.9. The molecule has 1 unspecified atom stereocenters. The fourth-order valence-corrected chi connectivity index (χ4v) is 9.82. The van der Waals surface area contributed by atoms with Crippen LogP contribution in [0, 0.1) is 0 Å². The largest absolute Gasteiger partial charge is 0.494 e. The zero-order chi connectivity index (χ0) is 40.1. The lowest BCUT2D eigenvalue weighted by Gasteiger charge is -2.26. The van der Waals surface area contributed by atoms with Crippen LogP contribution in [-0.4, -0.2) is 19.8 Å². The first-order chi connectivity index (χ1) is 28.1. The van der Waals surface area contributed by atoms with Crippen LogP contribution in [0.3, 0.4) is 0 Å². The summed E-state index contributed by atoms with van der Waals surface area (Å²) >= 11 is 10.4. The second-order valence-electron chi connectivity index (χ2n) is 17.1. The van der Waals surface area contributed by atoms with Crippen molar-refractivity contribution in [1.29, 1.82) is 0 Å². The number of rotatable bonds is 36. The molecular weight excluding hydrogens is 784 g/mol. The number of hydrogen-bond donors (Lipinski definition) is 0. The first-order valence-corrected chi connectivity index (χ1v) is 25.2. The summed E-state index contributed by atoms with van der Waals surface area (Å²) in [5.41, 5.74) is 6.20. The molecule has 0 heterocycles. The molecule has 0 saturated heterocycles. The van der Waals surface area contributed by atoms with Crippen molar-refractivity contribution in [2.24, 2.45) is 0 Å². The summed E-state index contributed by atoms with van der Waals surface area (Å²) in [5, 5.41) is 0.751. The van der Waals surface area contributed by atoms with Gasteiger partial charge in [0.05, 0.1) is 6.61 Å². The third-order valence-electron chi connectivity index (χ3n) is 12.3. The van der Waals surface area contributed by atoms with Crippen molar-refractivity contribution in [3.63, 3.8) is 0 Å². The van der Waals surface area contributed by atoms with Gasteiger partial charge in [0.15, 0.2) is 0 Å². The summed E-state index contributed by atoms with van der Waals surface area (Å²) in [7, 11) is 0. The van der Waals surface area contributed by atoms with Gasteiger partial charge in [-0.15, -0.1) is 0 Å². The summed E-state index contributed by atoms with van der Waals surface area (Å²) < 4.78 is 11.8. The minimum Gasteiger partial charge on any atom is -0.494 e. The van der Waals surface area contributed by atoms with Gasteiger partial charge >= 0.3 is 0 Å². The molecule has 0 aromatic heterocycles. The molecule has 3 aromatic rings. The Morgan fingerprint density at radius 1 is 0.439 bits per heavy atom. The molecule has 1 aliphatic rings. The molecule has 0 saturated carbocycles. The van der Waals surface area contributed by atoms with E-state index in [4.69, 9.17) is 21.1 Å². The molecule has 0 N–H and O–H groups in total.